The molecule has 0 saturated heterocycles. The Balaban J connectivity index is 4.02. The molecule has 0 aromatic carbocycles. The van der Waals surface area contributed by atoms with Crippen molar-refractivity contribution in [3.05, 3.63) is 0 Å². The van der Waals surface area contributed by atoms with E-state index in [1.54, 1.807) is 0 Å². The van der Waals surface area contributed by atoms with Gasteiger partial charge in [0.2, 0.25) is 0 Å². The highest BCUT2D eigenvalue weighted by molar-refractivity contribution is 5.56. The quantitative estimate of drug-likeness (QED) is 0.343. The fourth-order valence-corrected chi connectivity index (χ4v) is 0.729. The van der Waals surface area contributed by atoms with Gasteiger partial charge in [-0.3, -0.25) is 0 Å². The van der Waals surface area contributed by atoms with Gasteiger partial charge in [-0.2, -0.15) is 0 Å². The molecule has 0 aliphatic heterocycles. The summed E-state index contributed by atoms with van der Waals surface area (Å²) in [6.45, 7) is -0.354. The van der Waals surface area contributed by atoms with Crippen molar-refractivity contribution in [2.45, 2.75) is 24.4 Å². The van der Waals surface area contributed by atoms with E-state index >= 15 is 0 Å². The van der Waals surface area contributed by atoms with Gasteiger partial charge < -0.3 is 30.0 Å². The van der Waals surface area contributed by atoms with Crippen LogP contribution in [-0.4, -0.2) is 64.8 Å². The summed E-state index contributed by atoms with van der Waals surface area (Å²) >= 11 is 0. The highest BCUT2D eigenvalue weighted by Crippen LogP contribution is 2.03. The summed E-state index contributed by atoms with van der Waals surface area (Å²) in [7, 11) is -0.393. The van der Waals surface area contributed by atoms with Crippen LogP contribution in [0.25, 0.3) is 0 Å². The minimum atomic E-state index is -1.77. The third-order valence-electron chi connectivity index (χ3n) is 1.52. The van der Waals surface area contributed by atoms with Crippen LogP contribution in [0.5, 0.6) is 0 Å². The second-order valence-corrected chi connectivity index (χ2v) is 2.55. The molecule has 0 aliphatic rings. The van der Waals surface area contributed by atoms with Crippen molar-refractivity contribution in [1.29, 1.82) is 0 Å². The lowest BCUT2D eigenvalue weighted by Gasteiger charge is -2.23. The van der Waals surface area contributed by atoms with Crippen molar-refractivity contribution in [1.82, 2.24) is 0 Å². The molecule has 0 radical (unpaired) electrons. The molecule has 0 spiro atoms. The SMILES string of the molecule is [2H]COC[C@@H](O)[C@H](O)[C@H](O)[C@@H](O)C=O. The minimum absolute atomic E-state index is 0.0476. The van der Waals surface area contributed by atoms with Crippen LogP contribution in [0.1, 0.15) is 1.37 Å². The fraction of sp³-hybridized carbons (Fsp3) is 0.857. The smallest absolute Gasteiger partial charge is 0.151 e. The van der Waals surface area contributed by atoms with Gasteiger partial charge in [0.25, 0.3) is 0 Å². The van der Waals surface area contributed by atoms with Gasteiger partial charge >= 0.3 is 0 Å². The summed E-state index contributed by atoms with van der Waals surface area (Å²) in [5.74, 6) is 0. The first-order valence-corrected chi connectivity index (χ1v) is 3.59. The first-order valence-electron chi connectivity index (χ1n) is 4.29. The summed E-state index contributed by atoms with van der Waals surface area (Å²) in [5.41, 5.74) is 0. The van der Waals surface area contributed by atoms with E-state index in [0.29, 0.717) is 0 Å². The van der Waals surface area contributed by atoms with Crippen molar-refractivity contribution < 1.29 is 31.3 Å². The highest BCUT2D eigenvalue weighted by atomic mass is 16.5. The third kappa shape index (κ3) is 3.79. The number of aliphatic hydroxyl groups is 4. The van der Waals surface area contributed by atoms with Gasteiger partial charge in [-0.25, -0.2) is 0 Å². The Bertz CT molecular complexity index is 166. The predicted octanol–water partition coefficient (Wildman–Crippen LogP) is -2.72. The van der Waals surface area contributed by atoms with E-state index in [1.165, 1.54) is 0 Å². The lowest BCUT2D eigenvalue weighted by Crippen LogP contribution is -2.46. The van der Waals surface area contributed by atoms with Crippen molar-refractivity contribution in [3.63, 3.8) is 0 Å². The topological polar surface area (TPSA) is 107 Å². The van der Waals surface area contributed by atoms with E-state index in [1.807, 2.05) is 0 Å². The van der Waals surface area contributed by atoms with E-state index in [2.05, 4.69) is 4.74 Å². The van der Waals surface area contributed by atoms with Gasteiger partial charge in [-0.05, 0) is 0 Å². The number of aliphatic hydroxyl groups excluding tert-OH is 4. The van der Waals surface area contributed by atoms with E-state index in [0.717, 1.165) is 0 Å². The van der Waals surface area contributed by atoms with Gasteiger partial charge in [-0.1, -0.05) is 0 Å². The zero-order valence-corrected chi connectivity index (χ0v) is 6.91. The number of carbonyl (C=O) groups excluding carboxylic acids is 1. The number of rotatable bonds is 6. The van der Waals surface area contributed by atoms with E-state index in [-0.39, 0.29) is 12.9 Å². The third-order valence-corrected chi connectivity index (χ3v) is 1.52. The van der Waals surface area contributed by atoms with Crippen molar-refractivity contribution in [2.24, 2.45) is 0 Å². The van der Waals surface area contributed by atoms with Crippen LogP contribution >= 0.6 is 0 Å². The number of hydrogen-bond acceptors (Lipinski definition) is 6. The Labute approximate surface area is 76.8 Å². The second-order valence-electron chi connectivity index (χ2n) is 2.55. The van der Waals surface area contributed by atoms with Gasteiger partial charge in [0.15, 0.2) is 6.29 Å². The first kappa shape index (κ1) is 10.6. The number of carbonyl (C=O) groups is 1. The molecule has 13 heavy (non-hydrogen) atoms. The molecule has 4 atom stereocenters. The summed E-state index contributed by atoms with van der Waals surface area (Å²) in [5, 5.41) is 36.1. The van der Waals surface area contributed by atoms with Gasteiger partial charge in [0.1, 0.15) is 24.4 Å². The first-order chi connectivity index (χ1) is 6.54. The Morgan fingerprint density at radius 1 is 1.38 bits per heavy atom. The summed E-state index contributed by atoms with van der Waals surface area (Å²) in [6, 6.07) is 0. The van der Waals surface area contributed by atoms with Crippen LogP contribution in [-0.2, 0) is 9.53 Å². The van der Waals surface area contributed by atoms with Gasteiger partial charge in [0.05, 0.1) is 7.98 Å². The Kier molecular flexibility index (Phi) is 4.87. The lowest BCUT2D eigenvalue weighted by molar-refractivity contribution is -0.137. The second kappa shape index (κ2) is 6.01. The molecule has 0 aromatic heterocycles. The maximum atomic E-state index is 10.0. The zero-order valence-electron chi connectivity index (χ0n) is 7.91. The molecule has 0 bridgehead atoms. The monoisotopic (exact) mass is 195 g/mol. The van der Waals surface area contributed by atoms with Crippen LogP contribution < -0.4 is 0 Å². The van der Waals surface area contributed by atoms with Crippen molar-refractivity contribution >= 4 is 6.29 Å². The normalized spacial score (nSPS) is 21.4. The maximum absolute atomic E-state index is 10.0. The van der Waals surface area contributed by atoms with Crippen LogP contribution in [0.2, 0.25) is 0 Å². The Morgan fingerprint density at radius 2 is 2.00 bits per heavy atom. The minimum Gasteiger partial charge on any atom is -0.388 e. The number of methoxy groups -OCH3 is 1. The molecule has 0 fully saturated rings. The highest BCUT2D eigenvalue weighted by Gasteiger charge is 2.29. The van der Waals surface area contributed by atoms with Crippen molar-refractivity contribution in [2.75, 3.05) is 13.7 Å². The van der Waals surface area contributed by atoms with Crippen molar-refractivity contribution in [3.8, 4) is 0 Å². The van der Waals surface area contributed by atoms with Crippen LogP contribution in [0.15, 0.2) is 0 Å². The van der Waals surface area contributed by atoms with E-state index < -0.39 is 31.5 Å². The molecule has 6 heteroatoms. The standard InChI is InChI=1S/C7H14O6/c1-13-3-5(10)7(12)6(11)4(9)2-8/h2,4-7,9-12H,3H2,1H3/t4-,5+,6+,7-/m0/s1/i1D. The fourth-order valence-electron chi connectivity index (χ4n) is 0.729. The number of hydrogen-bond donors (Lipinski definition) is 4. The number of aldehydes is 1. The van der Waals surface area contributed by atoms with Gasteiger partial charge in [0, 0.05) is 7.09 Å². The Hall–Kier alpha value is -0.530. The van der Waals surface area contributed by atoms with E-state index in [4.69, 9.17) is 21.8 Å². The Morgan fingerprint density at radius 3 is 2.46 bits per heavy atom. The molecule has 0 amide bonds. The molecule has 0 aliphatic carbocycles. The molecule has 0 heterocycles. The van der Waals surface area contributed by atoms with Crippen LogP contribution in [0.4, 0.5) is 0 Å². The van der Waals surface area contributed by atoms with Crippen LogP contribution in [0.3, 0.4) is 0 Å². The maximum Gasteiger partial charge on any atom is 0.151 e. The molecule has 0 unspecified atom stereocenters. The summed E-state index contributed by atoms with van der Waals surface area (Å²) < 4.78 is 11.0. The van der Waals surface area contributed by atoms with Gasteiger partial charge in [-0.15, -0.1) is 0 Å². The molecular weight excluding hydrogens is 180 g/mol. The molecule has 78 valence electrons. The summed E-state index contributed by atoms with van der Waals surface area (Å²) in [4.78, 5) is 10.0. The number of ether oxygens (including phenoxy) is 1. The molecule has 0 rings (SSSR count). The average molecular weight is 195 g/mol. The zero-order chi connectivity index (χ0) is 11.1. The summed E-state index contributed by atoms with van der Waals surface area (Å²) in [6.07, 6.45) is -6.62. The molecule has 4 N–H and O–H groups in total. The molecular formula is C7H14O6. The predicted molar refractivity (Wildman–Crippen MR) is 42.0 cm³/mol. The van der Waals surface area contributed by atoms with Crippen LogP contribution in [0, 0.1) is 0 Å². The largest absolute Gasteiger partial charge is 0.388 e. The molecule has 6 nitrogen and oxygen atoms in total. The average Bonchev–Trinajstić information content (AvgIpc) is 2.22. The lowest BCUT2D eigenvalue weighted by atomic mass is 10.0. The molecule has 0 aromatic rings. The molecule has 0 saturated carbocycles. The van der Waals surface area contributed by atoms with E-state index in [9.17, 15) is 4.79 Å².